The highest BCUT2D eigenvalue weighted by Gasteiger charge is 2.36. The third-order valence-electron chi connectivity index (χ3n) is 5.39. The Bertz CT molecular complexity index is 784. The quantitative estimate of drug-likeness (QED) is 0.759. The maximum atomic E-state index is 13.1. The molecule has 0 aliphatic carbocycles. The number of rotatable bonds is 5. The summed E-state index contributed by atoms with van der Waals surface area (Å²) in [5.74, 6) is -0.0106. The Balaban J connectivity index is 1.81. The van der Waals surface area contributed by atoms with Crippen LogP contribution in [-0.4, -0.2) is 76.0 Å². The molecule has 1 saturated heterocycles. The predicted molar refractivity (Wildman–Crippen MR) is 99.8 cm³/mol. The van der Waals surface area contributed by atoms with Crippen molar-refractivity contribution >= 4 is 21.6 Å². The van der Waals surface area contributed by atoms with Crippen molar-refractivity contribution in [3.8, 4) is 0 Å². The van der Waals surface area contributed by atoms with Crippen LogP contribution in [0.5, 0.6) is 0 Å². The number of amides is 1. The first-order valence-corrected chi connectivity index (χ1v) is 10.3. The number of methoxy groups -OCH3 is 1. The van der Waals surface area contributed by atoms with Gasteiger partial charge in [0.15, 0.2) is 0 Å². The van der Waals surface area contributed by atoms with E-state index in [9.17, 15) is 13.2 Å². The Kier molecular flexibility index (Phi) is 5.39. The molecule has 0 radical (unpaired) electrons. The summed E-state index contributed by atoms with van der Waals surface area (Å²) in [4.78, 5) is 16.0. The highest BCUT2D eigenvalue weighted by molar-refractivity contribution is 7.89. The van der Waals surface area contributed by atoms with Crippen LogP contribution in [0.3, 0.4) is 0 Å². The number of piperazine rings is 1. The van der Waals surface area contributed by atoms with Crippen LogP contribution in [0, 0.1) is 0 Å². The number of hydrogen-bond donors (Lipinski definition) is 0. The fourth-order valence-corrected chi connectivity index (χ4v) is 5.55. The minimum atomic E-state index is -3.58. The van der Waals surface area contributed by atoms with E-state index in [-0.39, 0.29) is 29.3 Å². The van der Waals surface area contributed by atoms with Gasteiger partial charge in [0.05, 0.1) is 17.9 Å². The molecule has 0 bridgehead atoms. The Morgan fingerprint density at radius 2 is 1.85 bits per heavy atom. The molecule has 144 valence electrons. The molecule has 8 heteroatoms. The summed E-state index contributed by atoms with van der Waals surface area (Å²) in [7, 11) is -0.197. The van der Waals surface area contributed by atoms with Gasteiger partial charge in [-0.3, -0.25) is 9.69 Å². The molecule has 3 rings (SSSR count). The maximum Gasteiger partial charge on any atom is 0.243 e. The topological polar surface area (TPSA) is 70.2 Å². The summed E-state index contributed by atoms with van der Waals surface area (Å²) in [6.07, 6.45) is 0.257. The van der Waals surface area contributed by atoms with Crippen molar-refractivity contribution in [1.82, 2.24) is 9.21 Å². The smallest absolute Gasteiger partial charge is 0.243 e. The Morgan fingerprint density at radius 1 is 1.19 bits per heavy atom. The SMILES string of the molecule is COCCN1C(C)CN(S(=O)(=O)c2ccc3c(c2)CC(=O)N3C)CC1C. The van der Waals surface area contributed by atoms with Crippen LogP contribution in [0.1, 0.15) is 19.4 Å². The van der Waals surface area contributed by atoms with E-state index in [1.807, 2.05) is 13.8 Å². The monoisotopic (exact) mass is 381 g/mol. The Hall–Kier alpha value is -1.48. The average molecular weight is 381 g/mol. The molecule has 1 amide bonds. The van der Waals surface area contributed by atoms with E-state index in [1.54, 1.807) is 41.6 Å². The lowest BCUT2D eigenvalue weighted by atomic mass is 10.1. The summed E-state index contributed by atoms with van der Waals surface area (Å²) in [6.45, 7) is 6.42. The van der Waals surface area contributed by atoms with Gasteiger partial charge in [0.1, 0.15) is 0 Å². The number of carbonyl (C=O) groups is 1. The first kappa shape index (κ1) is 19.3. The van der Waals surface area contributed by atoms with Gasteiger partial charge < -0.3 is 9.64 Å². The van der Waals surface area contributed by atoms with Crippen LogP contribution in [0.2, 0.25) is 0 Å². The van der Waals surface area contributed by atoms with E-state index in [0.29, 0.717) is 19.7 Å². The van der Waals surface area contributed by atoms with Gasteiger partial charge >= 0.3 is 0 Å². The lowest BCUT2D eigenvalue weighted by Crippen LogP contribution is -2.58. The number of carbonyl (C=O) groups excluding carboxylic acids is 1. The minimum Gasteiger partial charge on any atom is -0.383 e. The van der Waals surface area contributed by atoms with Crippen molar-refractivity contribution in [2.75, 3.05) is 45.3 Å². The Morgan fingerprint density at radius 3 is 2.46 bits per heavy atom. The second-order valence-corrected chi connectivity index (χ2v) is 9.11. The van der Waals surface area contributed by atoms with Crippen LogP contribution in [0.25, 0.3) is 0 Å². The van der Waals surface area contributed by atoms with Crippen LogP contribution in [0.15, 0.2) is 23.1 Å². The molecule has 26 heavy (non-hydrogen) atoms. The summed E-state index contributed by atoms with van der Waals surface area (Å²) >= 11 is 0. The van der Waals surface area contributed by atoms with Crippen LogP contribution in [-0.2, 0) is 26.0 Å². The second kappa shape index (κ2) is 7.26. The summed E-state index contributed by atoms with van der Waals surface area (Å²) in [5.41, 5.74) is 1.57. The molecule has 7 nitrogen and oxygen atoms in total. The van der Waals surface area contributed by atoms with Gasteiger partial charge in [-0.2, -0.15) is 4.31 Å². The number of anilines is 1. The standard InChI is InChI=1S/C18H27N3O4S/c1-13-11-20(12-14(2)21(13)7-8-25-4)26(23,24)16-5-6-17-15(9-16)10-18(22)19(17)3/h5-6,9,13-14H,7-8,10-12H2,1-4H3. The molecule has 2 unspecified atom stereocenters. The van der Waals surface area contributed by atoms with Crippen molar-refractivity contribution in [3.05, 3.63) is 23.8 Å². The van der Waals surface area contributed by atoms with Gasteiger partial charge in [-0.05, 0) is 37.6 Å². The van der Waals surface area contributed by atoms with Gasteiger partial charge in [0, 0.05) is 51.6 Å². The van der Waals surface area contributed by atoms with Gasteiger partial charge in [-0.1, -0.05) is 0 Å². The molecule has 0 saturated carbocycles. The first-order chi connectivity index (χ1) is 12.3. The molecule has 1 fully saturated rings. The maximum absolute atomic E-state index is 13.1. The van der Waals surface area contributed by atoms with E-state index < -0.39 is 10.0 Å². The van der Waals surface area contributed by atoms with Gasteiger partial charge in [-0.15, -0.1) is 0 Å². The summed E-state index contributed by atoms with van der Waals surface area (Å²) in [5, 5.41) is 0. The zero-order valence-electron chi connectivity index (χ0n) is 15.8. The van der Waals surface area contributed by atoms with Crippen molar-refractivity contribution in [3.63, 3.8) is 0 Å². The van der Waals surface area contributed by atoms with Gasteiger partial charge in [0.2, 0.25) is 15.9 Å². The van der Waals surface area contributed by atoms with E-state index in [4.69, 9.17) is 4.74 Å². The molecule has 0 N–H and O–H groups in total. The lowest BCUT2D eigenvalue weighted by Gasteiger charge is -2.43. The lowest BCUT2D eigenvalue weighted by molar-refractivity contribution is -0.117. The van der Waals surface area contributed by atoms with E-state index >= 15 is 0 Å². The molecule has 0 spiro atoms. The molecule has 2 aliphatic rings. The molecule has 0 aromatic heterocycles. The molecular formula is C18H27N3O4S. The molecular weight excluding hydrogens is 354 g/mol. The fraction of sp³-hybridized carbons (Fsp3) is 0.611. The number of benzene rings is 1. The number of fused-ring (bicyclic) bond motifs is 1. The molecule has 2 aliphatic heterocycles. The number of ether oxygens (including phenoxy) is 1. The summed E-state index contributed by atoms with van der Waals surface area (Å²) < 4.78 is 33.0. The van der Waals surface area contributed by atoms with E-state index in [0.717, 1.165) is 17.8 Å². The number of likely N-dealkylation sites (N-methyl/N-ethyl adjacent to an activating group) is 1. The Labute approximate surface area is 155 Å². The highest BCUT2D eigenvalue weighted by atomic mass is 32.2. The third kappa shape index (κ3) is 3.38. The van der Waals surface area contributed by atoms with Crippen molar-refractivity contribution in [2.24, 2.45) is 0 Å². The van der Waals surface area contributed by atoms with E-state index in [2.05, 4.69) is 4.90 Å². The zero-order chi connectivity index (χ0) is 19.1. The van der Waals surface area contributed by atoms with Crippen molar-refractivity contribution in [1.29, 1.82) is 0 Å². The zero-order valence-corrected chi connectivity index (χ0v) is 16.6. The predicted octanol–water partition coefficient (Wildman–Crippen LogP) is 0.935. The van der Waals surface area contributed by atoms with Crippen LogP contribution >= 0.6 is 0 Å². The summed E-state index contributed by atoms with van der Waals surface area (Å²) in [6, 6.07) is 5.22. The first-order valence-electron chi connectivity index (χ1n) is 8.90. The minimum absolute atomic E-state index is 0.0106. The van der Waals surface area contributed by atoms with Crippen molar-refractivity contribution < 1.29 is 17.9 Å². The second-order valence-electron chi connectivity index (χ2n) is 7.17. The van der Waals surface area contributed by atoms with Gasteiger partial charge in [0.25, 0.3) is 0 Å². The number of sulfonamides is 1. The average Bonchev–Trinajstić information content (AvgIpc) is 2.88. The highest BCUT2D eigenvalue weighted by Crippen LogP contribution is 2.31. The number of hydrogen-bond acceptors (Lipinski definition) is 5. The molecule has 2 heterocycles. The van der Waals surface area contributed by atoms with Crippen molar-refractivity contribution in [2.45, 2.75) is 37.2 Å². The third-order valence-corrected chi connectivity index (χ3v) is 7.22. The largest absolute Gasteiger partial charge is 0.383 e. The van der Waals surface area contributed by atoms with Gasteiger partial charge in [-0.25, -0.2) is 8.42 Å². The fourth-order valence-electron chi connectivity index (χ4n) is 3.90. The molecule has 2 atom stereocenters. The molecule has 1 aromatic rings. The normalized spacial score (nSPS) is 24.9. The molecule has 1 aromatic carbocycles. The number of nitrogens with zero attached hydrogens (tertiary/aromatic N) is 3. The van der Waals surface area contributed by atoms with E-state index in [1.165, 1.54) is 0 Å². The van der Waals surface area contributed by atoms with Crippen LogP contribution < -0.4 is 4.90 Å². The van der Waals surface area contributed by atoms with Crippen LogP contribution in [0.4, 0.5) is 5.69 Å².